The minimum atomic E-state index is 0.0961. The first-order valence-corrected chi connectivity index (χ1v) is 22.8. The van der Waals surface area contributed by atoms with Gasteiger partial charge in [-0.05, 0) is 138 Å². The summed E-state index contributed by atoms with van der Waals surface area (Å²) in [4.78, 5) is 5.20. The van der Waals surface area contributed by atoms with Crippen molar-refractivity contribution in [1.29, 1.82) is 0 Å². The van der Waals surface area contributed by atoms with Crippen LogP contribution in [0.2, 0.25) is 0 Å². The number of hydrogen-bond acceptors (Lipinski definition) is 4. The standard InChI is InChI=1S/C56H39BN2S2/c1-32-16-22-37(23-17-32)58-48-14-9-15-49-52(48)57(55-53(58)45-29-34(3)19-26-50(45)60-55)56-54(46-30-35(4)20-27-51(46)61-56)59(49)47-25-18-33(2)28-43(47)36-21-24-42-40-12-6-5-10-38(40)39-11-7-8-13-41(39)44(42)31-36/h5-31H,1-4H3. The van der Waals surface area contributed by atoms with E-state index in [1.807, 2.05) is 22.7 Å². The molecule has 0 saturated carbocycles. The molecule has 0 radical (unpaired) electrons. The second-order valence-corrected chi connectivity index (χ2v) is 19.3. The summed E-state index contributed by atoms with van der Waals surface area (Å²) in [5.41, 5.74) is 16.4. The fourth-order valence-corrected chi connectivity index (χ4v) is 13.2. The molecule has 0 fully saturated rings. The summed E-state index contributed by atoms with van der Waals surface area (Å²) < 4.78 is 5.49. The lowest BCUT2D eigenvalue weighted by Gasteiger charge is -2.42. The number of hydrogen-bond donors (Lipinski definition) is 0. The summed E-state index contributed by atoms with van der Waals surface area (Å²) in [5, 5.41) is 10.4. The summed E-state index contributed by atoms with van der Waals surface area (Å²) in [7, 11) is 0. The first-order chi connectivity index (χ1) is 29.9. The van der Waals surface area contributed by atoms with Crippen LogP contribution in [0.25, 0.3) is 63.6 Å². The van der Waals surface area contributed by atoms with E-state index >= 15 is 0 Å². The molecule has 0 N–H and O–H groups in total. The zero-order valence-corrected chi connectivity index (χ0v) is 36.0. The first-order valence-electron chi connectivity index (χ1n) is 21.2. The van der Waals surface area contributed by atoms with Gasteiger partial charge in [0.05, 0.1) is 17.1 Å². The van der Waals surface area contributed by atoms with Gasteiger partial charge in [-0.2, -0.15) is 0 Å². The van der Waals surface area contributed by atoms with E-state index in [0.717, 1.165) is 0 Å². The van der Waals surface area contributed by atoms with Crippen molar-refractivity contribution < 1.29 is 0 Å². The van der Waals surface area contributed by atoms with Gasteiger partial charge in [0.15, 0.2) is 0 Å². The molecule has 0 unspecified atom stereocenters. The van der Waals surface area contributed by atoms with E-state index in [9.17, 15) is 0 Å². The van der Waals surface area contributed by atoms with Gasteiger partial charge in [-0.25, -0.2) is 0 Å². The van der Waals surface area contributed by atoms with Gasteiger partial charge in [-0.3, -0.25) is 0 Å². The molecule has 2 aliphatic heterocycles. The molecule has 0 amide bonds. The average Bonchev–Trinajstić information content (AvgIpc) is 3.85. The highest BCUT2D eigenvalue weighted by atomic mass is 32.1. The molecule has 2 aromatic heterocycles. The van der Waals surface area contributed by atoms with Gasteiger partial charge in [-0.1, -0.05) is 119 Å². The van der Waals surface area contributed by atoms with E-state index in [1.54, 1.807) is 0 Å². The molecule has 0 saturated heterocycles. The van der Waals surface area contributed by atoms with Crippen LogP contribution in [0.15, 0.2) is 164 Å². The molecular formula is C56H39BN2S2. The zero-order valence-electron chi connectivity index (χ0n) is 34.4. The summed E-state index contributed by atoms with van der Waals surface area (Å²) in [6, 6.07) is 62.3. The number of rotatable bonds is 3. The topological polar surface area (TPSA) is 6.48 Å². The largest absolute Gasteiger partial charge is 0.310 e. The highest BCUT2D eigenvalue weighted by Gasteiger charge is 2.47. The van der Waals surface area contributed by atoms with Gasteiger partial charge in [0.1, 0.15) is 0 Å². The molecule has 13 rings (SSSR count). The Hall–Kier alpha value is -6.66. The van der Waals surface area contributed by atoms with Crippen molar-refractivity contribution in [3.63, 3.8) is 0 Å². The Kier molecular flexibility index (Phi) is 7.44. The van der Waals surface area contributed by atoms with Crippen LogP contribution in [0.1, 0.15) is 22.3 Å². The lowest BCUT2D eigenvalue weighted by Crippen LogP contribution is -2.59. The van der Waals surface area contributed by atoms with Crippen LogP contribution in [0, 0.1) is 27.7 Å². The Labute approximate surface area is 363 Å². The molecule has 5 heteroatoms. The predicted molar refractivity (Wildman–Crippen MR) is 268 cm³/mol. The fourth-order valence-electron chi connectivity index (χ4n) is 10.5. The molecule has 9 aromatic carbocycles. The number of anilines is 6. The molecule has 288 valence electrons. The van der Waals surface area contributed by atoms with E-state index in [-0.39, 0.29) is 6.71 Å². The van der Waals surface area contributed by atoms with Crippen LogP contribution < -0.4 is 24.8 Å². The number of thiophene rings is 2. The Morgan fingerprint density at radius 1 is 0.377 bits per heavy atom. The SMILES string of the molecule is Cc1ccc(N2c3cccc4c3B(c3sc5ccc(C)cc5c32)c2sc3ccc(C)cc3c2N4c2ccc(C)cc2-c2ccc3c4ccccc4c4ccccc4c3c2)cc1. The maximum absolute atomic E-state index is 2.64. The van der Waals surface area contributed by atoms with Crippen LogP contribution in [0.4, 0.5) is 34.1 Å². The fraction of sp³-hybridized carbons (Fsp3) is 0.0714. The normalized spacial score (nSPS) is 13.1. The first kappa shape index (κ1) is 35.1. The minimum absolute atomic E-state index is 0.0961. The quantitative estimate of drug-likeness (QED) is 0.129. The maximum Gasteiger partial charge on any atom is 0.277 e. The molecule has 0 bridgehead atoms. The zero-order chi connectivity index (χ0) is 40.7. The Morgan fingerprint density at radius 3 is 1.51 bits per heavy atom. The number of nitrogens with zero attached hydrogens (tertiary/aromatic N) is 2. The van der Waals surface area contributed by atoms with E-state index in [1.165, 1.54) is 135 Å². The van der Waals surface area contributed by atoms with Gasteiger partial charge in [0, 0.05) is 52.4 Å². The summed E-state index contributed by atoms with van der Waals surface area (Å²) in [5.74, 6) is 0. The van der Waals surface area contributed by atoms with Crippen LogP contribution in [-0.2, 0) is 0 Å². The number of aryl methyl sites for hydroxylation is 4. The van der Waals surface area contributed by atoms with Gasteiger partial charge in [0.25, 0.3) is 6.71 Å². The summed E-state index contributed by atoms with van der Waals surface area (Å²) in [6.45, 7) is 8.96. The second-order valence-electron chi connectivity index (χ2n) is 17.2. The smallest absolute Gasteiger partial charge is 0.277 e. The third kappa shape index (κ3) is 5.02. The number of benzene rings is 9. The highest BCUT2D eigenvalue weighted by molar-refractivity contribution is 7.40. The molecule has 4 heterocycles. The van der Waals surface area contributed by atoms with Crippen LogP contribution in [0.5, 0.6) is 0 Å². The molecule has 2 nitrogen and oxygen atoms in total. The monoisotopic (exact) mass is 814 g/mol. The van der Waals surface area contributed by atoms with Crippen molar-refractivity contribution in [2.45, 2.75) is 27.7 Å². The third-order valence-corrected chi connectivity index (χ3v) is 15.7. The van der Waals surface area contributed by atoms with Crippen molar-refractivity contribution in [3.05, 3.63) is 186 Å². The lowest BCUT2D eigenvalue weighted by molar-refractivity contribution is 1.27. The average molecular weight is 815 g/mol. The minimum Gasteiger partial charge on any atom is -0.310 e. The molecule has 61 heavy (non-hydrogen) atoms. The predicted octanol–water partition coefficient (Wildman–Crippen LogP) is 14.6. The van der Waals surface area contributed by atoms with Gasteiger partial charge in [-0.15, -0.1) is 22.7 Å². The van der Waals surface area contributed by atoms with E-state index < -0.39 is 0 Å². The third-order valence-electron chi connectivity index (χ3n) is 13.2. The molecule has 0 spiro atoms. The van der Waals surface area contributed by atoms with Gasteiger partial charge in [0.2, 0.25) is 0 Å². The molecule has 11 aromatic rings. The van der Waals surface area contributed by atoms with E-state index in [0.29, 0.717) is 0 Å². The van der Waals surface area contributed by atoms with Crippen molar-refractivity contribution in [1.82, 2.24) is 0 Å². The van der Waals surface area contributed by atoms with Crippen LogP contribution in [-0.4, -0.2) is 6.71 Å². The molecular weight excluding hydrogens is 776 g/mol. The highest BCUT2D eigenvalue weighted by Crippen LogP contribution is 2.52. The van der Waals surface area contributed by atoms with E-state index in [2.05, 4.69) is 201 Å². The molecule has 0 aliphatic carbocycles. The molecule has 0 atom stereocenters. The summed E-state index contributed by atoms with van der Waals surface area (Å²) >= 11 is 3.95. The second kappa shape index (κ2) is 12.9. The number of fused-ring (bicyclic) bond motifs is 14. The Balaban J connectivity index is 1.12. The van der Waals surface area contributed by atoms with Crippen molar-refractivity contribution in [2.75, 3.05) is 9.80 Å². The van der Waals surface area contributed by atoms with E-state index in [4.69, 9.17) is 0 Å². The molecule has 2 aliphatic rings. The van der Waals surface area contributed by atoms with Crippen molar-refractivity contribution in [2.24, 2.45) is 0 Å². The lowest BCUT2D eigenvalue weighted by atomic mass is 9.39. The Bertz CT molecular complexity index is 3630. The van der Waals surface area contributed by atoms with Crippen LogP contribution >= 0.6 is 22.7 Å². The maximum atomic E-state index is 2.64. The van der Waals surface area contributed by atoms with Crippen molar-refractivity contribution in [3.8, 4) is 11.1 Å². The van der Waals surface area contributed by atoms with Gasteiger partial charge < -0.3 is 9.80 Å². The van der Waals surface area contributed by atoms with Crippen LogP contribution in [0.3, 0.4) is 0 Å². The van der Waals surface area contributed by atoms with Gasteiger partial charge >= 0.3 is 0 Å². The van der Waals surface area contributed by atoms with Crippen molar-refractivity contribution >= 4 is 131 Å². The Morgan fingerprint density at radius 2 is 0.885 bits per heavy atom. The summed E-state index contributed by atoms with van der Waals surface area (Å²) in [6.07, 6.45) is 0.